The van der Waals surface area contributed by atoms with E-state index >= 15 is 0 Å². The van der Waals surface area contributed by atoms with E-state index in [2.05, 4.69) is 82.4 Å². The van der Waals surface area contributed by atoms with E-state index in [0.717, 1.165) is 38.8 Å². The van der Waals surface area contributed by atoms with E-state index in [0.29, 0.717) is 5.02 Å². The van der Waals surface area contributed by atoms with Gasteiger partial charge in [0.25, 0.3) is 0 Å². The Kier molecular flexibility index (Phi) is 4.56. The molecule has 0 saturated carbocycles. The van der Waals surface area contributed by atoms with E-state index in [1.54, 1.807) is 0 Å². The van der Waals surface area contributed by atoms with Crippen molar-refractivity contribution in [3.8, 4) is 5.69 Å². The zero-order valence-electron chi connectivity index (χ0n) is 17.2. The van der Waals surface area contributed by atoms with E-state index in [9.17, 15) is 0 Å². The van der Waals surface area contributed by atoms with Crippen molar-refractivity contribution in [2.75, 3.05) is 4.90 Å². The van der Waals surface area contributed by atoms with Gasteiger partial charge in [-0.15, -0.1) is 0 Å². The maximum absolute atomic E-state index is 6.13. The number of rotatable bonds is 2. The van der Waals surface area contributed by atoms with Crippen LogP contribution >= 0.6 is 27.5 Å². The molecule has 0 spiro atoms. The van der Waals surface area contributed by atoms with Gasteiger partial charge in [0.15, 0.2) is 5.82 Å². The molecule has 0 unspecified atom stereocenters. The van der Waals surface area contributed by atoms with Crippen LogP contribution in [-0.2, 0) is 0 Å². The minimum absolute atomic E-state index is 0.0692. The molecule has 32 heavy (non-hydrogen) atoms. The first-order valence-corrected chi connectivity index (χ1v) is 11.5. The molecular weight excluding hydrogens is 484 g/mol. The lowest BCUT2D eigenvalue weighted by atomic mass is 9.92. The van der Waals surface area contributed by atoms with Gasteiger partial charge in [0.1, 0.15) is 5.84 Å². The molecule has 0 saturated heterocycles. The summed E-state index contributed by atoms with van der Waals surface area (Å²) in [6.07, 6.45) is 4.21. The van der Waals surface area contributed by atoms with E-state index in [1.165, 1.54) is 11.1 Å². The van der Waals surface area contributed by atoms with Gasteiger partial charge in [-0.05, 0) is 66.6 Å². The van der Waals surface area contributed by atoms with Crippen LogP contribution in [0, 0.1) is 6.92 Å². The summed E-state index contributed by atoms with van der Waals surface area (Å²) in [6.45, 7) is 2.06. The zero-order chi connectivity index (χ0) is 21.8. The van der Waals surface area contributed by atoms with Gasteiger partial charge >= 0.3 is 0 Å². The fraction of sp³-hybridized carbons (Fsp3) is 0.0769. The smallest absolute Gasteiger partial charge is 0.163 e. The predicted molar refractivity (Wildman–Crippen MR) is 134 cm³/mol. The molecule has 4 nitrogen and oxygen atoms in total. The van der Waals surface area contributed by atoms with Gasteiger partial charge in [0.05, 0.1) is 23.1 Å². The van der Waals surface area contributed by atoms with Crippen molar-refractivity contribution in [2.24, 2.45) is 4.99 Å². The maximum Gasteiger partial charge on any atom is 0.163 e. The summed E-state index contributed by atoms with van der Waals surface area (Å²) in [5, 5.41) is 5.61. The first-order valence-electron chi connectivity index (χ1n) is 10.4. The highest BCUT2D eigenvalue weighted by Gasteiger charge is 2.38. The molecule has 1 aromatic heterocycles. The highest BCUT2D eigenvalue weighted by atomic mass is 79.9. The second-order valence-electron chi connectivity index (χ2n) is 7.87. The molecule has 2 aliphatic heterocycles. The van der Waals surface area contributed by atoms with Crippen LogP contribution in [-0.4, -0.2) is 15.6 Å². The molecule has 6 heteroatoms. The highest BCUT2D eigenvalue weighted by molar-refractivity contribution is 9.10. The quantitative estimate of drug-likeness (QED) is 0.289. The van der Waals surface area contributed by atoms with Crippen molar-refractivity contribution in [1.82, 2.24) is 9.78 Å². The van der Waals surface area contributed by atoms with Crippen LogP contribution in [0.2, 0.25) is 5.02 Å². The van der Waals surface area contributed by atoms with Crippen LogP contribution in [0.3, 0.4) is 0 Å². The number of anilines is 1. The first-order chi connectivity index (χ1) is 15.6. The Balaban J connectivity index is 1.65. The summed E-state index contributed by atoms with van der Waals surface area (Å²) in [6, 6.07) is 24.5. The summed E-state index contributed by atoms with van der Waals surface area (Å²) >= 11 is 9.93. The molecule has 3 heterocycles. The Morgan fingerprint density at radius 2 is 1.66 bits per heavy atom. The number of aliphatic imine (C=N–C) groups is 1. The Morgan fingerprint density at radius 1 is 0.906 bits per heavy atom. The normalized spacial score (nSPS) is 16.3. The molecule has 0 aliphatic carbocycles. The minimum Gasteiger partial charge on any atom is -0.314 e. The van der Waals surface area contributed by atoms with Gasteiger partial charge in [-0.3, -0.25) is 0 Å². The summed E-state index contributed by atoms with van der Waals surface area (Å²) in [5.74, 6) is 1.74. The fourth-order valence-electron chi connectivity index (χ4n) is 4.52. The Morgan fingerprint density at radius 3 is 2.47 bits per heavy atom. The van der Waals surface area contributed by atoms with Crippen molar-refractivity contribution in [3.05, 3.63) is 111 Å². The van der Waals surface area contributed by atoms with E-state index in [1.807, 2.05) is 35.0 Å². The lowest BCUT2D eigenvalue weighted by molar-refractivity contribution is 0.810. The average molecular weight is 502 g/mol. The molecule has 0 N–H and O–H groups in total. The third-order valence-corrected chi connectivity index (χ3v) is 6.93. The predicted octanol–water partition coefficient (Wildman–Crippen LogP) is 7.26. The number of para-hydroxylation sites is 1. The molecular formula is C26H18BrClN4. The van der Waals surface area contributed by atoms with Crippen molar-refractivity contribution in [3.63, 3.8) is 0 Å². The van der Waals surface area contributed by atoms with Crippen molar-refractivity contribution >= 4 is 50.9 Å². The molecule has 4 aromatic rings. The summed E-state index contributed by atoms with van der Waals surface area (Å²) < 4.78 is 2.98. The van der Waals surface area contributed by atoms with E-state index in [-0.39, 0.29) is 6.04 Å². The minimum atomic E-state index is -0.0692. The number of nitrogens with zero attached hydrogens (tertiary/aromatic N) is 4. The number of fused-ring (bicyclic) bond motifs is 4. The van der Waals surface area contributed by atoms with Gasteiger partial charge in [-0.25, -0.2) is 9.67 Å². The van der Waals surface area contributed by atoms with Crippen LogP contribution in [0.4, 0.5) is 11.5 Å². The van der Waals surface area contributed by atoms with Gasteiger partial charge in [-0.2, -0.15) is 5.10 Å². The number of aryl methyl sites for hydroxylation is 1. The number of aromatic nitrogens is 2. The van der Waals surface area contributed by atoms with Crippen LogP contribution in [0.1, 0.15) is 28.4 Å². The second kappa shape index (κ2) is 7.47. The Bertz CT molecular complexity index is 1420. The molecule has 156 valence electrons. The lowest BCUT2D eigenvalue weighted by Crippen LogP contribution is -2.39. The number of halogens is 2. The van der Waals surface area contributed by atoms with Crippen LogP contribution in [0.15, 0.2) is 88.3 Å². The number of hydrogen-bond acceptors (Lipinski definition) is 3. The van der Waals surface area contributed by atoms with Crippen molar-refractivity contribution in [1.29, 1.82) is 0 Å². The number of hydrogen-bond donors (Lipinski definition) is 0. The molecule has 0 amide bonds. The second-order valence-corrected chi connectivity index (χ2v) is 9.16. The maximum atomic E-state index is 6.13. The largest absolute Gasteiger partial charge is 0.314 e. The molecule has 0 radical (unpaired) electrons. The summed E-state index contributed by atoms with van der Waals surface area (Å²) in [5.41, 5.74) is 6.47. The molecule has 2 aliphatic rings. The monoisotopic (exact) mass is 500 g/mol. The summed E-state index contributed by atoms with van der Waals surface area (Å²) in [4.78, 5) is 7.42. The third-order valence-electron chi connectivity index (χ3n) is 5.96. The number of benzene rings is 3. The van der Waals surface area contributed by atoms with Crippen LogP contribution in [0.5, 0.6) is 0 Å². The SMILES string of the molecule is Cc1nn(-c2ccc(Cl)cc2)c2c1[C@@H](c1ccccc1Br)N1C(=N2)C=Cc2ccccc21. The average Bonchev–Trinajstić information content (AvgIpc) is 3.14. The van der Waals surface area contributed by atoms with Crippen molar-refractivity contribution in [2.45, 2.75) is 13.0 Å². The van der Waals surface area contributed by atoms with Gasteiger partial charge in [-0.1, -0.05) is 63.9 Å². The lowest BCUT2D eigenvalue weighted by Gasteiger charge is -2.39. The van der Waals surface area contributed by atoms with E-state index in [4.69, 9.17) is 21.7 Å². The zero-order valence-corrected chi connectivity index (χ0v) is 19.5. The fourth-order valence-corrected chi connectivity index (χ4v) is 5.15. The molecule has 3 aromatic carbocycles. The molecule has 6 rings (SSSR count). The Hall–Kier alpha value is -3.15. The summed E-state index contributed by atoms with van der Waals surface area (Å²) in [7, 11) is 0. The van der Waals surface area contributed by atoms with Crippen LogP contribution < -0.4 is 4.90 Å². The standard InChI is InChI=1S/C26H18BrClN4/c1-16-24-25(20-7-3-4-8-21(20)27)31-22-9-5-2-6-17(22)10-15-23(31)29-26(24)32(30-16)19-13-11-18(28)12-14-19/h2-15,25H,1H3/t25-/m1/s1. The number of amidine groups is 1. The molecule has 0 bridgehead atoms. The van der Waals surface area contributed by atoms with Gasteiger partial charge < -0.3 is 4.90 Å². The topological polar surface area (TPSA) is 33.4 Å². The highest BCUT2D eigenvalue weighted by Crippen LogP contribution is 2.47. The third kappa shape index (κ3) is 2.96. The first kappa shape index (κ1) is 19.5. The van der Waals surface area contributed by atoms with Gasteiger partial charge in [0.2, 0.25) is 0 Å². The molecule has 1 atom stereocenters. The van der Waals surface area contributed by atoms with Crippen LogP contribution in [0.25, 0.3) is 11.8 Å². The molecule has 0 fully saturated rings. The Labute approximate surface area is 199 Å². The van der Waals surface area contributed by atoms with Crippen molar-refractivity contribution < 1.29 is 0 Å². The van der Waals surface area contributed by atoms with Gasteiger partial charge in [0, 0.05) is 15.1 Å². The van der Waals surface area contributed by atoms with E-state index < -0.39 is 0 Å².